The summed E-state index contributed by atoms with van der Waals surface area (Å²) in [5.74, 6) is 1.82. The van der Waals surface area contributed by atoms with Crippen LogP contribution >= 0.6 is 11.6 Å². The van der Waals surface area contributed by atoms with Gasteiger partial charge in [-0.1, -0.05) is 18.5 Å². The number of benzene rings is 1. The Bertz CT molecular complexity index is 361. The Kier molecular flexibility index (Phi) is 6.98. The van der Waals surface area contributed by atoms with E-state index in [1.165, 1.54) is 25.9 Å². The van der Waals surface area contributed by atoms with E-state index in [9.17, 15) is 0 Å². The Morgan fingerprint density at radius 1 is 1.26 bits per heavy atom. The highest BCUT2D eigenvalue weighted by Gasteiger charge is 2.21. The first-order valence-electron chi connectivity index (χ1n) is 6.89. The van der Waals surface area contributed by atoms with Gasteiger partial charge >= 0.3 is 0 Å². The third-order valence-corrected chi connectivity index (χ3v) is 3.96. The van der Waals surface area contributed by atoms with Crippen LogP contribution in [0.3, 0.4) is 0 Å². The van der Waals surface area contributed by atoms with E-state index < -0.39 is 0 Å². The molecule has 0 spiro atoms. The lowest BCUT2D eigenvalue weighted by atomic mass is 9.99. The van der Waals surface area contributed by atoms with Crippen LogP contribution in [0.2, 0.25) is 5.02 Å². The number of quaternary nitrogens is 1. The number of halogens is 2. The van der Waals surface area contributed by atoms with Crippen molar-refractivity contribution in [3.63, 3.8) is 0 Å². The fourth-order valence-corrected chi connectivity index (χ4v) is 2.69. The van der Waals surface area contributed by atoms with Crippen LogP contribution in [-0.4, -0.2) is 25.7 Å². The molecule has 2 nitrogen and oxygen atoms in total. The van der Waals surface area contributed by atoms with Gasteiger partial charge in [-0.25, -0.2) is 0 Å². The summed E-state index contributed by atoms with van der Waals surface area (Å²) in [6.07, 6.45) is 2.96. The maximum absolute atomic E-state index is 5.92. The van der Waals surface area contributed by atoms with Crippen molar-refractivity contribution in [1.82, 2.24) is 0 Å². The number of ether oxygens (including phenoxy) is 1. The summed E-state index contributed by atoms with van der Waals surface area (Å²) in [7, 11) is 0. The van der Waals surface area contributed by atoms with Gasteiger partial charge in [0.15, 0.2) is 0 Å². The first-order valence-corrected chi connectivity index (χ1v) is 7.27. The van der Waals surface area contributed by atoms with Crippen LogP contribution in [0.5, 0.6) is 5.75 Å². The largest absolute Gasteiger partial charge is 1.00 e. The molecule has 19 heavy (non-hydrogen) atoms. The van der Waals surface area contributed by atoms with Gasteiger partial charge in [0.2, 0.25) is 0 Å². The minimum absolute atomic E-state index is 0. The molecule has 0 aliphatic carbocycles. The topological polar surface area (TPSA) is 13.7 Å². The third kappa shape index (κ3) is 5.60. The van der Waals surface area contributed by atoms with E-state index in [0.717, 1.165) is 23.2 Å². The number of hydrogen-bond acceptors (Lipinski definition) is 1. The lowest BCUT2D eigenvalue weighted by molar-refractivity contribution is -0.908. The highest BCUT2D eigenvalue weighted by Crippen LogP contribution is 2.16. The summed E-state index contributed by atoms with van der Waals surface area (Å²) in [6, 6.07) is 7.62. The molecular weight excluding hydrogens is 281 g/mol. The molecule has 1 saturated heterocycles. The zero-order valence-corrected chi connectivity index (χ0v) is 13.2. The molecule has 1 aromatic carbocycles. The molecule has 2 rings (SSSR count). The fourth-order valence-electron chi connectivity index (χ4n) is 2.57. The molecule has 1 fully saturated rings. The second-order valence-corrected chi connectivity index (χ2v) is 5.96. The third-order valence-electron chi connectivity index (χ3n) is 3.71. The van der Waals surface area contributed by atoms with E-state index in [1.54, 1.807) is 4.90 Å². The van der Waals surface area contributed by atoms with Crippen molar-refractivity contribution in [2.24, 2.45) is 5.92 Å². The predicted molar refractivity (Wildman–Crippen MR) is 75.5 cm³/mol. The number of hydrogen-bond donors (Lipinski definition) is 1. The molecule has 0 aromatic heterocycles. The van der Waals surface area contributed by atoms with E-state index in [4.69, 9.17) is 16.3 Å². The Hall–Kier alpha value is -0.440. The fraction of sp³-hybridized carbons (Fsp3) is 0.600. The second-order valence-electron chi connectivity index (χ2n) is 5.52. The van der Waals surface area contributed by atoms with Gasteiger partial charge in [0, 0.05) is 5.02 Å². The van der Waals surface area contributed by atoms with Crippen molar-refractivity contribution in [2.45, 2.75) is 32.8 Å². The van der Waals surface area contributed by atoms with Crippen molar-refractivity contribution in [3.8, 4) is 5.75 Å². The second kappa shape index (κ2) is 7.98. The Labute approximate surface area is 127 Å². The van der Waals surface area contributed by atoms with Crippen LogP contribution < -0.4 is 22.0 Å². The van der Waals surface area contributed by atoms with Gasteiger partial charge in [-0.3, -0.25) is 0 Å². The van der Waals surface area contributed by atoms with Gasteiger partial charge in [-0.2, -0.15) is 0 Å². The molecule has 1 aliphatic rings. The quantitative estimate of drug-likeness (QED) is 0.786. The van der Waals surface area contributed by atoms with E-state index in [0.29, 0.717) is 0 Å². The molecule has 0 radical (unpaired) electrons. The Morgan fingerprint density at radius 2 is 1.84 bits per heavy atom. The normalized spacial score (nSPS) is 24.4. The average molecular weight is 304 g/mol. The van der Waals surface area contributed by atoms with E-state index >= 15 is 0 Å². The minimum atomic E-state index is 0. The summed E-state index contributed by atoms with van der Waals surface area (Å²) in [5.41, 5.74) is 0. The molecule has 1 N–H and O–H groups in total. The van der Waals surface area contributed by atoms with Gasteiger partial charge in [0.1, 0.15) is 18.4 Å². The molecule has 0 amide bonds. The first kappa shape index (κ1) is 16.6. The van der Waals surface area contributed by atoms with Crippen LogP contribution in [0.1, 0.15) is 26.7 Å². The molecule has 0 saturated carbocycles. The van der Waals surface area contributed by atoms with E-state index in [2.05, 4.69) is 13.8 Å². The molecular formula is C15H23Cl2NO. The maximum atomic E-state index is 5.92. The summed E-state index contributed by atoms with van der Waals surface area (Å²) in [6.45, 7) is 8.17. The summed E-state index contributed by atoms with van der Waals surface area (Å²) in [4.78, 5) is 1.68. The molecule has 0 bridgehead atoms. The van der Waals surface area contributed by atoms with Gasteiger partial charge in [-0.05, 0) is 49.9 Å². The zero-order chi connectivity index (χ0) is 13.0. The van der Waals surface area contributed by atoms with Crippen LogP contribution in [-0.2, 0) is 0 Å². The number of likely N-dealkylation sites (tertiary alicyclic amines) is 1. The zero-order valence-electron chi connectivity index (χ0n) is 11.7. The van der Waals surface area contributed by atoms with Crippen molar-refractivity contribution < 1.29 is 22.0 Å². The molecule has 0 unspecified atom stereocenters. The number of piperidine rings is 1. The van der Waals surface area contributed by atoms with Crippen LogP contribution in [0, 0.1) is 5.92 Å². The molecule has 108 valence electrons. The highest BCUT2D eigenvalue weighted by molar-refractivity contribution is 6.30. The van der Waals surface area contributed by atoms with Crippen LogP contribution in [0.15, 0.2) is 24.3 Å². The monoisotopic (exact) mass is 303 g/mol. The molecule has 4 heteroatoms. The van der Waals surface area contributed by atoms with Gasteiger partial charge in [-0.15, -0.1) is 0 Å². The van der Waals surface area contributed by atoms with E-state index in [1.807, 2.05) is 24.3 Å². The highest BCUT2D eigenvalue weighted by atomic mass is 35.5. The Morgan fingerprint density at radius 3 is 2.42 bits per heavy atom. The van der Waals surface area contributed by atoms with Crippen molar-refractivity contribution in [3.05, 3.63) is 29.3 Å². The molecule has 1 aliphatic heterocycles. The smallest absolute Gasteiger partial charge is 0.144 e. The average Bonchev–Trinajstić information content (AvgIpc) is 2.35. The summed E-state index contributed by atoms with van der Waals surface area (Å²) in [5, 5.41) is 0.755. The van der Waals surface area contributed by atoms with E-state index in [-0.39, 0.29) is 18.5 Å². The number of nitrogens with one attached hydrogen (secondary N) is 1. The lowest BCUT2D eigenvalue weighted by Gasteiger charge is -2.29. The van der Waals surface area contributed by atoms with Crippen LogP contribution in [0.25, 0.3) is 0 Å². The maximum Gasteiger partial charge on any atom is 0.144 e. The molecule has 1 atom stereocenters. The first-order chi connectivity index (χ1) is 8.63. The van der Waals surface area contributed by atoms with Gasteiger partial charge in [0.05, 0.1) is 13.1 Å². The minimum Gasteiger partial charge on any atom is -1.00 e. The molecule has 1 heterocycles. The summed E-state index contributed by atoms with van der Waals surface area (Å²) < 4.78 is 5.92. The predicted octanol–water partition coefficient (Wildman–Crippen LogP) is -0.574. The lowest BCUT2D eigenvalue weighted by Crippen LogP contribution is -3.14. The standard InChI is InChI=1S/C15H22ClNO.ClH/c1-12-7-9-17(10-8-12)11-13(2)18-15-5-3-14(16)4-6-15;/h3-6,12-13H,7-11H2,1-2H3;1H/t13-;/m0./s1. The molecule has 1 aromatic rings. The van der Waals surface area contributed by atoms with Crippen LogP contribution in [0.4, 0.5) is 0 Å². The van der Waals surface area contributed by atoms with Crippen molar-refractivity contribution in [2.75, 3.05) is 19.6 Å². The SMILES string of the molecule is CC1CC[NH+](C[C@H](C)Oc2ccc(Cl)cc2)CC1.[Cl-]. The van der Waals surface area contributed by atoms with Gasteiger partial charge < -0.3 is 22.0 Å². The van der Waals surface area contributed by atoms with Crippen molar-refractivity contribution >= 4 is 11.6 Å². The number of rotatable bonds is 4. The van der Waals surface area contributed by atoms with Crippen molar-refractivity contribution in [1.29, 1.82) is 0 Å². The summed E-state index contributed by atoms with van der Waals surface area (Å²) >= 11 is 5.86. The van der Waals surface area contributed by atoms with Gasteiger partial charge in [0.25, 0.3) is 0 Å². The Balaban J connectivity index is 0.00000180.